The fourth-order valence-corrected chi connectivity index (χ4v) is 5.74. The largest absolute Gasteiger partial charge is 0.368 e. The third kappa shape index (κ3) is 6.48. The van der Waals surface area contributed by atoms with Crippen molar-refractivity contribution in [3.05, 3.63) is 88.4 Å². The number of amides is 3. The lowest BCUT2D eigenvalue weighted by molar-refractivity contribution is 0.0932. The molecular formula is C31H36ClN5O2. The summed E-state index contributed by atoms with van der Waals surface area (Å²) in [5, 5.41) is 10.3. The number of hydrogen-bond acceptors (Lipinski definition) is 4. The Kier molecular flexibility index (Phi) is 8.57. The van der Waals surface area contributed by atoms with E-state index in [9.17, 15) is 9.59 Å². The summed E-state index contributed by atoms with van der Waals surface area (Å²) < 4.78 is 0. The highest BCUT2D eigenvalue weighted by Gasteiger charge is 2.24. The lowest BCUT2D eigenvalue weighted by Gasteiger charge is -2.28. The molecule has 0 spiro atoms. The molecule has 0 saturated carbocycles. The molecule has 0 bridgehead atoms. The van der Waals surface area contributed by atoms with Crippen molar-refractivity contribution in [2.75, 3.05) is 42.9 Å². The number of urea groups is 1. The molecule has 2 aliphatic rings. The van der Waals surface area contributed by atoms with Crippen LogP contribution in [-0.2, 0) is 6.42 Å². The number of aryl methyl sites for hydroxylation is 1. The molecule has 204 valence electrons. The van der Waals surface area contributed by atoms with Gasteiger partial charge in [-0.2, -0.15) is 0 Å². The van der Waals surface area contributed by atoms with Crippen molar-refractivity contribution in [2.24, 2.45) is 0 Å². The molecule has 3 aromatic carbocycles. The fraction of sp³-hybridized carbons (Fsp3) is 0.355. The minimum Gasteiger partial charge on any atom is -0.368 e. The van der Waals surface area contributed by atoms with Crippen molar-refractivity contribution in [1.82, 2.24) is 15.5 Å². The number of nitrogens with one attached hydrogen (secondary N) is 3. The Morgan fingerprint density at radius 2 is 1.82 bits per heavy atom. The molecule has 8 heteroatoms. The van der Waals surface area contributed by atoms with Gasteiger partial charge >= 0.3 is 6.03 Å². The lowest BCUT2D eigenvalue weighted by Crippen LogP contribution is -2.42. The van der Waals surface area contributed by atoms with Gasteiger partial charge in [0.2, 0.25) is 0 Å². The predicted octanol–water partition coefficient (Wildman–Crippen LogP) is 6.13. The Morgan fingerprint density at radius 3 is 2.67 bits per heavy atom. The molecule has 5 rings (SSSR count). The Morgan fingerprint density at radius 1 is 0.949 bits per heavy atom. The zero-order valence-electron chi connectivity index (χ0n) is 22.4. The molecule has 39 heavy (non-hydrogen) atoms. The molecule has 7 nitrogen and oxygen atoms in total. The summed E-state index contributed by atoms with van der Waals surface area (Å²) in [4.78, 5) is 30.1. The van der Waals surface area contributed by atoms with Gasteiger partial charge in [-0.25, -0.2) is 4.79 Å². The summed E-state index contributed by atoms with van der Waals surface area (Å²) in [6.45, 7) is 5.40. The van der Waals surface area contributed by atoms with Crippen LogP contribution in [0.15, 0.2) is 66.7 Å². The number of carbonyl (C=O) groups is 2. The van der Waals surface area contributed by atoms with Crippen molar-refractivity contribution in [3.8, 4) is 0 Å². The van der Waals surface area contributed by atoms with Gasteiger partial charge in [-0.3, -0.25) is 4.79 Å². The quantitative estimate of drug-likeness (QED) is 0.348. The number of hydrogen-bond donors (Lipinski definition) is 3. The summed E-state index contributed by atoms with van der Waals surface area (Å²) >= 11 is 6.27. The van der Waals surface area contributed by atoms with Gasteiger partial charge < -0.3 is 25.8 Å². The van der Waals surface area contributed by atoms with Gasteiger partial charge in [0.1, 0.15) is 0 Å². The van der Waals surface area contributed by atoms with E-state index in [1.165, 1.54) is 11.1 Å². The van der Waals surface area contributed by atoms with Crippen LogP contribution in [0.1, 0.15) is 53.7 Å². The molecule has 1 saturated heterocycles. The standard InChI is InChI=1S/C31H36ClN5O2/c1-2-33-31(39)37-17-7-16-36(18-19-37)29-15-14-23(20-28(29)34-25-11-6-10-24(32)21-25)30(38)35-27-13-5-9-22-8-3-4-12-26(22)27/h3-4,6,8,10-12,14-15,20-21,27,34H,2,5,7,9,13,16-19H2,1H3,(H,33,39)(H,35,38). The molecule has 1 unspecified atom stereocenters. The smallest absolute Gasteiger partial charge is 0.317 e. The van der Waals surface area contributed by atoms with E-state index in [1.54, 1.807) is 0 Å². The van der Waals surface area contributed by atoms with Crippen LogP contribution in [0.5, 0.6) is 0 Å². The van der Waals surface area contributed by atoms with Gasteiger partial charge in [0, 0.05) is 49.0 Å². The summed E-state index contributed by atoms with van der Waals surface area (Å²) in [7, 11) is 0. The monoisotopic (exact) mass is 545 g/mol. The Hall–Kier alpha value is -3.71. The van der Waals surface area contributed by atoms with Crippen LogP contribution >= 0.6 is 11.6 Å². The number of anilines is 3. The zero-order chi connectivity index (χ0) is 27.2. The van der Waals surface area contributed by atoms with Crippen molar-refractivity contribution >= 4 is 40.6 Å². The lowest BCUT2D eigenvalue weighted by atomic mass is 9.87. The molecule has 3 aromatic rings. The number of fused-ring (bicyclic) bond motifs is 1. The van der Waals surface area contributed by atoms with Gasteiger partial charge in [0.15, 0.2) is 0 Å². The topological polar surface area (TPSA) is 76.7 Å². The van der Waals surface area contributed by atoms with Crippen LogP contribution in [0.2, 0.25) is 5.02 Å². The van der Waals surface area contributed by atoms with Crippen molar-refractivity contribution < 1.29 is 9.59 Å². The molecule has 0 aromatic heterocycles. The van der Waals surface area contributed by atoms with Gasteiger partial charge in [0.05, 0.1) is 17.4 Å². The van der Waals surface area contributed by atoms with Gasteiger partial charge in [0.25, 0.3) is 5.91 Å². The van der Waals surface area contributed by atoms with E-state index in [-0.39, 0.29) is 18.0 Å². The van der Waals surface area contributed by atoms with E-state index in [2.05, 4.69) is 39.0 Å². The molecule has 1 aliphatic heterocycles. The average Bonchev–Trinajstić information content (AvgIpc) is 3.20. The van der Waals surface area contributed by atoms with E-state index in [0.717, 1.165) is 49.3 Å². The maximum absolute atomic E-state index is 13.5. The first-order chi connectivity index (χ1) is 19.0. The first-order valence-electron chi connectivity index (χ1n) is 13.8. The zero-order valence-corrected chi connectivity index (χ0v) is 23.1. The third-order valence-electron chi connectivity index (χ3n) is 7.49. The molecular weight excluding hydrogens is 510 g/mol. The van der Waals surface area contributed by atoms with Crippen molar-refractivity contribution in [3.63, 3.8) is 0 Å². The minimum atomic E-state index is -0.0873. The van der Waals surface area contributed by atoms with Crippen LogP contribution in [0, 0.1) is 0 Å². The van der Waals surface area contributed by atoms with E-state index in [4.69, 9.17) is 11.6 Å². The Labute approximate surface area is 235 Å². The van der Waals surface area contributed by atoms with Crippen LogP contribution in [0.3, 0.4) is 0 Å². The minimum absolute atomic E-state index is 0.0114. The summed E-state index contributed by atoms with van der Waals surface area (Å²) in [5.74, 6) is -0.0873. The summed E-state index contributed by atoms with van der Waals surface area (Å²) in [5.41, 5.74) is 5.81. The number of rotatable bonds is 6. The number of carbonyl (C=O) groups excluding carboxylic acids is 2. The summed E-state index contributed by atoms with van der Waals surface area (Å²) in [6.07, 6.45) is 3.91. The van der Waals surface area contributed by atoms with Crippen molar-refractivity contribution in [2.45, 2.75) is 38.6 Å². The van der Waals surface area contributed by atoms with Crippen LogP contribution in [-0.4, -0.2) is 49.6 Å². The molecule has 1 heterocycles. The maximum atomic E-state index is 13.5. The van der Waals surface area contributed by atoms with E-state index in [1.807, 2.05) is 60.4 Å². The average molecular weight is 546 g/mol. The van der Waals surface area contributed by atoms with Crippen LogP contribution < -0.4 is 20.9 Å². The Balaban J connectivity index is 1.40. The highest BCUT2D eigenvalue weighted by molar-refractivity contribution is 6.30. The first kappa shape index (κ1) is 26.9. The first-order valence-corrected chi connectivity index (χ1v) is 14.2. The molecule has 3 amide bonds. The number of nitrogens with zero attached hydrogens (tertiary/aromatic N) is 2. The van der Waals surface area contributed by atoms with Gasteiger partial charge in [-0.05, 0) is 80.1 Å². The Bertz CT molecular complexity index is 1330. The SMILES string of the molecule is CCNC(=O)N1CCCN(c2ccc(C(=O)NC3CCCc4ccccc43)cc2Nc2cccc(Cl)c2)CC1. The normalized spacial score (nSPS) is 17.1. The fourth-order valence-electron chi connectivity index (χ4n) is 5.54. The van der Waals surface area contributed by atoms with Gasteiger partial charge in [-0.15, -0.1) is 0 Å². The second-order valence-corrected chi connectivity index (χ2v) is 10.6. The van der Waals surface area contributed by atoms with Crippen molar-refractivity contribution in [1.29, 1.82) is 0 Å². The van der Waals surface area contributed by atoms with E-state index >= 15 is 0 Å². The molecule has 0 radical (unpaired) electrons. The molecule has 3 N–H and O–H groups in total. The number of halogens is 1. The summed E-state index contributed by atoms with van der Waals surface area (Å²) in [6, 6.07) is 21.8. The molecule has 1 aliphatic carbocycles. The predicted molar refractivity (Wildman–Crippen MR) is 158 cm³/mol. The highest BCUT2D eigenvalue weighted by Crippen LogP contribution is 2.33. The second kappa shape index (κ2) is 12.4. The van der Waals surface area contributed by atoms with Crippen LogP contribution in [0.25, 0.3) is 0 Å². The molecule has 1 atom stereocenters. The van der Waals surface area contributed by atoms with Gasteiger partial charge in [-0.1, -0.05) is 41.9 Å². The second-order valence-electron chi connectivity index (χ2n) is 10.1. The maximum Gasteiger partial charge on any atom is 0.317 e. The highest BCUT2D eigenvalue weighted by atomic mass is 35.5. The van der Waals surface area contributed by atoms with E-state index in [0.29, 0.717) is 36.8 Å². The number of benzene rings is 3. The van der Waals surface area contributed by atoms with E-state index < -0.39 is 0 Å². The molecule has 1 fully saturated rings. The van der Waals surface area contributed by atoms with Crippen LogP contribution in [0.4, 0.5) is 21.9 Å². The third-order valence-corrected chi connectivity index (χ3v) is 7.72.